The lowest BCUT2D eigenvalue weighted by atomic mass is 9.78. The minimum atomic E-state index is -1.22. The number of rotatable bonds is 6. The second-order valence-electron chi connectivity index (χ2n) is 6.34. The van der Waals surface area contributed by atoms with Gasteiger partial charge in [-0.1, -0.05) is 12.1 Å². The summed E-state index contributed by atoms with van der Waals surface area (Å²) in [4.78, 5) is 10.3. The Hall–Kier alpha value is -1.68. The molecule has 2 aliphatic heterocycles. The van der Waals surface area contributed by atoms with E-state index < -0.39 is 30.5 Å². The maximum Gasteiger partial charge on any atom is 0.496 e. The molecule has 0 saturated carbocycles. The topological polar surface area (TPSA) is 100 Å². The Balaban J connectivity index is 1.63. The van der Waals surface area contributed by atoms with Crippen LogP contribution < -0.4 is 10.2 Å². The smallest absolute Gasteiger partial charge is 0.494 e. The summed E-state index contributed by atoms with van der Waals surface area (Å²) in [6.07, 6.45) is -0.163. The molecule has 1 aromatic carbocycles. The molecule has 1 fully saturated rings. The van der Waals surface area contributed by atoms with Gasteiger partial charge in [-0.05, 0) is 25.5 Å². The summed E-state index contributed by atoms with van der Waals surface area (Å²) in [5.74, 6) is -0.0950. The van der Waals surface area contributed by atoms with Gasteiger partial charge in [0.15, 0.2) is 5.79 Å². The summed E-state index contributed by atoms with van der Waals surface area (Å²) in [6, 6.07) is 5.17. The van der Waals surface area contributed by atoms with Crippen molar-refractivity contribution < 1.29 is 28.8 Å². The van der Waals surface area contributed by atoms with Crippen LogP contribution in [0.2, 0.25) is 0 Å². The first-order valence-electron chi connectivity index (χ1n) is 7.88. The van der Waals surface area contributed by atoms with Crippen molar-refractivity contribution in [2.24, 2.45) is 0 Å². The van der Waals surface area contributed by atoms with E-state index in [9.17, 15) is 15.1 Å². The first-order valence-corrected chi connectivity index (χ1v) is 7.88. The summed E-state index contributed by atoms with van der Waals surface area (Å²) in [5.41, 5.74) is 1.06. The lowest BCUT2D eigenvalue weighted by molar-refractivity contribution is -0.490. The largest absolute Gasteiger partial charge is 0.496 e. The summed E-state index contributed by atoms with van der Waals surface area (Å²) < 4.78 is 22.2. The van der Waals surface area contributed by atoms with Gasteiger partial charge in [0.25, 0.3) is 0 Å². The lowest BCUT2D eigenvalue weighted by Gasteiger charge is -2.17. The van der Waals surface area contributed by atoms with E-state index >= 15 is 0 Å². The highest BCUT2D eigenvalue weighted by Gasteiger charge is 2.40. The quantitative estimate of drug-likeness (QED) is 0.462. The van der Waals surface area contributed by atoms with Crippen molar-refractivity contribution in [1.29, 1.82) is 0 Å². The molecule has 9 heteroatoms. The molecule has 24 heavy (non-hydrogen) atoms. The molecule has 2 heterocycles. The van der Waals surface area contributed by atoms with Gasteiger partial charge < -0.3 is 23.9 Å². The maximum atomic E-state index is 10.7. The SMILES string of the molecule is CC1(C)OC[C@H](CCOc2cccc3c2B(O)OC3C[N+](=O)[O-])O1. The van der Waals surface area contributed by atoms with Crippen molar-refractivity contribution in [3.63, 3.8) is 0 Å². The molecule has 1 unspecified atom stereocenters. The van der Waals surface area contributed by atoms with Crippen LogP contribution in [0.1, 0.15) is 31.9 Å². The van der Waals surface area contributed by atoms with E-state index in [1.54, 1.807) is 18.2 Å². The highest BCUT2D eigenvalue weighted by molar-refractivity contribution is 6.62. The van der Waals surface area contributed by atoms with Crippen molar-refractivity contribution in [2.45, 2.75) is 38.3 Å². The van der Waals surface area contributed by atoms with Crippen molar-refractivity contribution >= 4 is 12.6 Å². The number of ether oxygens (including phenoxy) is 3. The van der Waals surface area contributed by atoms with E-state index in [2.05, 4.69) is 0 Å². The van der Waals surface area contributed by atoms with E-state index in [1.165, 1.54) is 0 Å². The van der Waals surface area contributed by atoms with Crippen LogP contribution in [-0.4, -0.2) is 48.7 Å². The minimum absolute atomic E-state index is 0.0415. The average Bonchev–Trinajstić information content (AvgIpc) is 2.99. The molecular weight excluding hydrogens is 317 g/mol. The van der Waals surface area contributed by atoms with Crippen LogP contribution >= 0.6 is 0 Å². The number of nitrogens with zero attached hydrogens (tertiary/aromatic N) is 1. The Labute approximate surface area is 139 Å². The van der Waals surface area contributed by atoms with Crippen LogP contribution in [0.4, 0.5) is 0 Å². The second-order valence-corrected chi connectivity index (χ2v) is 6.34. The molecule has 3 rings (SSSR count). The van der Waals surface area contributed by atoms with Gasteiger partial charge in [0.2, 0.25) is 6.54 Å². The maximum absolute atomic E-state index is 10.7. The van der Waals surface area contributed by atoms with E-state index in [0.717, 1.165) is 0 Å². The highest BCUT2D eigenvalue weighted by atomic mass is 16.7. The number of hydrogen-bond acceptors (Lipinski definition) is 7. The second kappa shape index (κ2) is 6.68. The van der Waals surface area contributed by atoms with Crippen LogP contribution in [0, 0.1) is 10.1 Å². The molecular formula is C15H20BNO7. The standard InChI is InChI=1S/C15H20BNO7/c1-15(2)22-9-10(23-15)6-7-21-12-5-3-4-11-13(8-17(19)20)24-16(18)14(11)12/h3-5,10,13,18H,6-9H2,1-2H3/t10-,13?/m0/s1. The molecule has 0 aliphatic carbocycles. The zero-order valence-electron chi connectivity index (χ0n) is 13.6. The summed E-state index contributed by atoms with van der Waals surface area (Å²) in [5, 5.41) is 20.8. The Morgan fingerprint density at radius 1 is 1.50 bits per heavy atom. The molecule has 130 valence electrons. The van der Waals surface area contributed by atoms with Gasteiger partial charge in [0.05, 0.1) is 19.3 Å². The molecule has 0 bridgehead atoms. The van der Waals surface area contributed by atoms with E-state index in [4.69, 9.17) is 18.9 Å². The molecule has 8 nitrogen and oxygen atoms in total. The zero-order valence-corrected chi connectivity index (χ0v) is 13.6. The van der Waals surface area contributed by atoms with Gasteiger partial charge in [-0.2, -0.15) is 0 Å². The van der Waals surface area contributed by atoms with Crippen LogP contribution in [0.3, 0.4) is 0 Å². The van der Waals surface area contributed by atoms with Crippen molar-refractivity contribution in [1.82, 2.24) is 0 Å². The predicted molar refractivity (Wildman–Crippen MR) is 84.8 cm³/mol. The molecule has 0 spiro atoms. The fourth-order valence-corrected chi connectivity index (χ4v) is 3.01. The van der Waals surface area contributed by atoms with Crippen molar-refractivity contribution in [3.8, 4) is 5.75 Å². The van der Waals surface area contributed by atoms with Gasteiger partial charge in [-0.3, -0.25) is 10.1 Å². The Kier molecular flexibility index (Phi) is 4.77. The predicted octanol–water partition coefficient (Wildman–Crippen LogP) is 0.642. The van der Waals surface area contributed by atoms with Gasteiger partial charge in [-0.15, -0.1) is 0 Å². The number of fused-ring (bicyclic) bond motifs is 1. The highest BCUT2D eigenvalue weighted by Crippen LogP contribution is 2.28. The third kappa shape index (κ3) is 3.69. The molecule has 0 aromatic heterocycles. The molecule has 0 radical (unpaired) electrons. The van der Waals surface area contributed by atoms with Crippen LogP contribution in [0.25, 0.3) is 0 Å². The summed E-state index contributed by atoms with van der Waals surface area (Å²) >= 11 is 0. The average molecular weight is 337 g/mol. The van der Waals surface area contributed by atoms with Crippen LogP contribution in [0.5, 0.6) is 5.75 Å². The molecule has 2 aliphatic rings. The lowest BCUT2D eigenvalue weighted by Crippen LogP contribution is -2.30. The Morgan fingerprint density at radius 3 is 2.96 bits per heavy atom. The Bertz CT molecular complexity index is 624. The summed E-state index contributed by atoms with van der Waals surface area (Å²) in [6.45, 7) is 4.23. The first-order chi connectivity index (χ1) is 11.4. The zero-order chi connectivity index (χ0) is 17.3. The summed E-state index contributed by atoms with van der Waals surface area (Å²) in [7, 11) is -1.22. The van der Waals surface area contributed by atoms with Crippen molar-refractivity contribution in [2.75, 3.05) is 19.8 Å². The molecule has 0 amide bonds. The van der Waals surface area contributed by atoms with Crippen LogP contribution in [-0.2, 0) is 14.1 Å². The monoisotopic (exact) mass is 337 g/mol. The van der Waals surface area contributed by atoms with E-state index in [-0.39, 0.29) is 6.10 Å². The third-order valence-corrected chi connectivity index (χ3v) is 4.07. The van der Waals surface area contributed by atoms with Crippen molar-refractivity contribution in [3.05, 3.63) is 33.9 Å². The molecule has 1 saturated heterocycles. The van der Waals surface area contributed by atoms with Gasteiger partial charge in [-0.25, -0.2) is 0 Å². The normalized spacial score (nSPS) is 24.9. The Morgan fingerprint density at radius 2 is 2.29 bits per heavy atom. The van der Waals surface area contributed by atoms with Gasteiger partial charge in [0, 0.05) is 16.8 Å². The fourth-order valence-electron chi connectivity index (χ4n) is 3.01. The number of benzene rings is 1. The van der Waals surface area contributed by atoms with Gasteiger partial charge in [0.1, 0.15) is 11.9 Å². The first kappa shape index (κ1) is 17.2. The molecule has 1 aromatic rings. The van der Waals surface area contributed by atoms with E-state index in [1.807, 2.05) is 13.8 Å². The molecule has 1 N–H and O–H groups in total. The fraction of sp³-hybridized carbons (Fsp3) is 0.600. The van der Waals surface area contributed by atoms with Crippen LogP contribution in [0.15, 0.2) is 18.2 Å². The van der Waals surface area contributed by atoms with Gasteiger partial charge >= 0.3 is 7.12 Å². The number of nitro groups is 1. The molecule has 2 atom stereocenters. The van der Waals surface area contributed by atoms with E-state index in [0.29, 0.717) is 36.4 Å². The third-order valence-electron chi connectivity index (χ3n) is 4.07. The number of hydrogen-bond donors (Lipinski definition) is 1. The minimum Gasteiger partial charge on any atom is -0.494 e.